The van der Waals surface area contributed by atoms with Crippen LogP contribution in [0.4, 0.5) is 4.79 Å². The molecule has 0 bridgehead atoms. The molecule has 1 aliphatic heterocycles. The van der Waals surface area contributed by atoms with E-state index in [9.17, 15) is 4.79 Å². The highest BCUT2D eigenvalue weighted by atomic mass is 16.6. The first kappa shape index (κ1) is 15.3. The fourth-order valence-corrected chi connectivity index (χ4v) is 3.73. The topological polar surface area (TPSA) is 55.6 Å². The van der Waals surface area contributed by atoms with Gasteiger partial charge in [-0.2, -0.15) is 0 Å². The van der Waals surface area contributed by atoms with Crippen molar-refractivity contribution < 1.29 is 9.53 Å². The lowest BCUT2D eigenvalue weighted by Crippen LogP contribution is -2.45. The molecule has 1 saturated carbocycles. The number of ether oxygens (including phenoxy) is 1. The van der Waals surface area contributed by atoms with Crippen LogP contribution < -0.4 is 5.73 Å². The third-order valence-corrected chi connectivity index (χ3v) is 5.38. The second kappa shape index (κ2) is 6.69. The van der Waals surface area contributed by atoms with Gasteiger partial charge >= 0.3 is 6.09 Å². The van der Waals surface area contributed by atoms with E-state index < -0.39 is 0 Å². The first-order chi connectivity index (χ1) is 10.7. The van der Waals surface area contributed by atoms with Crippen molar-refractivity contribution in [1.82, 2.24) is 4.90 Å². The van der Waals surface area contributed by atoms with Crippen LogP contribution in [-0.4, -0.2) is 30.1 Å². The van der Waals surface area contributed by atoms with Gasteiger partial charge in [-0.3, -0.25) is 0 Å². The summed E-state index contributed by atoms with van der Waals surface area (Å²) in [7, 11) is 0. The second-order valence-corrected chi connectivity index (χ2v) is 6.86. The van der Waals surface area contributed by atoms with Gasteiger partial charge in [0.15, 0.2) is 0 Å². The normalized spacial score (nSPS) is 21.8. The minimum Gasteiger partial charge on any atom is -0.445 e. The Morgan fingerprint density at radius 3 is 2.41 bits per heavy atom. The van der Waals surface area contributed by atoms with Gasteiger partial charge in [0.1, 0.15) is 6.61 Å². The van der Waals surface area contributed by atoms with Crippen molar-refractivity contribution in [3.8, 4) is 0 Å². The summed E-state index contributed by atoms with van der Waals surface area (Å²) >= 11 is 0. The summed E-state index contributed by atoms with van der Waals surface area (Å²) in [6, 6.07) is 10.2. The van der Waals surface area contributed by atoms with Gasteiger partial charge in [-0.05, 0) is 49.5 Å². The zero-order valence-corrected chi connectivity index (χ0v) is 13.2. The predicted octanol–water partition coefficient (Wildman–Crippen LogP) is 3.31. The molecule has 1 amide bonds. The Morgan fingerprint density at radius 2 is 1.77 bits per heavy atom. The number of likely N-dealkylation sites (tertiary alicyclic amines) is 1. The molecule has 2 aliphatic rings. The van der Waals surface area contributed by atoms with Crippen LogP contribution in [0.2, 0.25) is 0 Å². The summed E-state index contributed by atoms with van der Waals surface area (Å²) in [5.74, 6) is 0. The van der Waals surface area contributed by atoms with E-state index >= 15 is 0 Å². The maximum atomic E-state index is 12.2. The fourth-order valence-electron chi connectivity index (χ4n) is 3.73. The van der Waals surface area contributed by atoms with Crippen LogP contribution in [0.3, 0.4) is 0 Å². The lowest BCUT2D eigenvalue weighted by atomic mass is 9.67. The number of nitrogens with two attached hydrogens (primary N) is 1. The molecule has 120 valence electrons. The minimum absolute atomic E-state index is 0.175. The molecule has 3 rings (SSSR count). The van der Waals surface area contributed by atoms with Gasteiger partial charge in [-0.1, -0.05) is 30.3 Å². The SMILES string of the molecule is NC1CCC2(CC1)CCN(C(=O)OCc1ccccc1)CC2. The minimum atomic E-state index is -0.175. The second-order valence-electron chi connectivity index (χ2n) is 6.86. The van der Waals surface area contributed by atoms with Gasteiger partial charge in [0, 0.05) is 19.1 Å². The zero-order chi connectivity index (χ0) is 15.4. The smallest absolute Gasteiger partial charge is 0.410 e. The van der Waals surface area contributed by atoms with Crippen molar-refractivity contribution in [2.75, 3.05) is 13.1 Å². The molecule has 2 fully saturated rings. The van der Waals surface area contributed by atoms with E-state index in [0.29, 0.717) is 18.1 Å². The van der Waals surface area contributed by atoms with E-state index in [4.69, 9.17) is 10.5 Å². The third-order valence-electron chi connectivity index (χ3n) is 5.38. The largest absolute Gasteiger partial charge is 0.445 e. The van der Waals surface area contributed by atoms with Gasteiger partial charge in [0.05, 0.1) is 0 Å². The maximum Gasteiger partial charge on any atom is 0.410 e. The number of rotatable bonds is 2. The number of carbonyl (C=O) groups is 1. The highest BCUT2D eigenvalue weighted by Crippen LogP contribution is 2.44. The van der Waals surface area contributed by atoms with Gasteiger partial charge in [-0.25, -0.2) is 4.79 Å². The standard InChI is InChI=1S/C18H26N2O2/c19-16-6-8-18(9-7-16)10-12-20(13-11-18)17(21)22-14-15-4-2-1-3-5-15/h1-5,16H,6-14,19H2. The van der Waals surface area contributed by atoms with Gasteiger partial charge in [-0.15, -0.1) is 0 Å². The molecule has 1 spiro atoms. The van der Waals surface area contributed by atoms with E-state index in [1.807, 2.05) is 35.2 Å². The summed E-state index contributed by atoms with van der Waals surface area (Å²) < 4.78 is 5.43. The molecule has 2 N–H and O–H groups in total. The Hall–Kier alpha value is -1.55. The Labute approximate surface area is 132 Å². The van der Waals surface area contributed by atoms with Gasteiger partial charge < -0.3 is 15.4 Å². The summed E-state index contributed by atoms with van der Waals surface area (Å²) in [5, 5.41) is 0. The summed E-state index contributed by atoms with van der Waals surface area (Å²) in [5.41, 5.74) is 7.48. The molecular weight excluding hydrogens is 276 g/mol. The molecule has 22 heavy (non-hydrogen) atoms. The number of nitrogens with zero attached hydrogens (tertiary/aromatic N) is 1. The Kier molecular flexibility index (Phi) is 4.67. The van der Waals surface area contributed by atoms with Crippen molar-refractivity contribution in [2.24, 2.45) is 11.1 Å². The van der Waals surface area contributed by atoms with Crippen molar-refractivity contribution >= 4 is 6.09 Å². The van der Waals surface area contributed by atoms with Gasteiger partial charge in [0.2, 0.25) is 0 Å². The van der Waals surface area contributed by atoms with Crippen molar-refractivity contribution in [2.45, 2.75) is 51.2 Å². The fraction of sp³-hybridized carbons (Fsp3) is 0.611. The third kappa shape index (κ3) is 3.61. The highest BCUT2D eigenvalue weighted by molar-refractivity contribution is 5.67. The molecule has 1 saturated heterocycles. The Balaban J connectivity index is 1.46. The monoisotopic (exact) mass is 302 g/mol. The van der Waals surface area contributed by atoms with Crippen molar-refractivity contribution in [1.29, 1.82) is 0 Å². The predicted molar refractivity (Wildman–Crippen MR) is 86.3 cm³/mol. The average molecular weight is 302 g/mol. The number of benzene rings is 1. The van der Waals surface area contributed by atoms with Gasteiger partial charge in [0.25, 0.3) is 0 Å². The van der Waals surface area contributed by atoms with Crippen LogP contribution in [0.15, 0.2) is 30.3 Å². The molecule has 1 aromatic carbocycles. The quantitative estimate of drug-likeness (QED) is 0.912. The average Bonchev–Trinajstić information content (AvgIpc) is 2.57. The molecule has 0 radical (unpaired) electrons. The van der Waals surface area contributed by atoms with E-state index in [1.54, 1.807) is 0 Å². The van der Waals surface area contributed by atoms with Crippen LogP contribution in [-0.2, 0) is 11.3 Å². The molecule has 0 unspecified atom stereocenters. The number of piperidine rings is 1. The summed E-state index contributed by atoms with van der Waals surface area (Å²) in [6.07, 6.45) is 6.74. The molecule has 1 aliphatic carbocycles. The van der Waals surface area contributed by atoms with Crippen molar-refractivity contribution in [3.05, 3.63) is 35.9 Å². The molecule has 4 heteroatoms. The molecule has 1 heterocycles. The van der Waals surface area contributed by atoms with E-state index in [2.05, 4.69) is 0 Å². The first-order valence-electron chi connectivity index (χ1n) is 8.38. The summed E-state index contributed by atoms with van der Waals surface area (Å²) in [4.78, 5) is 14.0. The lowest BCUT2D eigenvalue weighted by Gasteiger charge is -2.45. The Morgan fingerprint density at radius 1 is 1.14 bits per heavy atom. The van der Waals surface area contributed by atoms with Crippen molar-refractivity contribution in [3.63, 3.8) is 0 Å². The molecule has 1 aromatic rings. The number of carbonyl (C=O) groups excluding carboxylic acids is 1. The van der Waals surface area contributed by atoms with E-state index in [-0.39, 0.29) is 6.09 Å². The number of amides is 1. The molecule has 4 nitrogen and oxygen atoms in total. The van der Waals surface area contributed by atoms with Crippen LogP contribution in [0.5, 0.6) is 0 Å². The van der Waals surface area contributed by atoms with Crippen LogP contribution >= 0.6 is 0 Å². The molecule has 0 atom stereocenters. The number of hydrogen-bond acceptors (Lipinski definition) is 3. The first-order valence-corrected chi connectivity index (χ1v) is 8.38. The maximum absolute atomic E-state index is 12.2. The molecule has 0 aromatic heterocycles. The van der Waals surface area contributed by atoms with Crippen LogP contribution in [0, 0.1) is 5.41 Å². The van der Waals surface area contributed by atoms with E-state index in [1.165, 1.54) is 12.8 Å². The lowest BCUT2D eigenvalue weighted by molar-refractivity contribution is 0.0430. The highest BCUT2D eigenvalue weighted by Gasteiger charge is 2.38. The Bertz CT molecular complexity index is 485. The zero-order valence-electron chi connectivity index (χ0n) is 13.2. The summed E-state index contributed by atoms with van der Waals surface area (Å²) in [6.45, 7) is 2.00. The van der Waals surface area contributed by atoms with E-state index in [0.717, 1.165) is 44.3 Å². The molecular formula is C18H26N2O2. The van der Waals surface area contributed by atoms with Crippen LogP contribution in [0.1, 0.15) is 44.1 Å². The number of hydrogen-bond donors (Lipinski definition) is 1. The van der Waals surface area contributed by atoms with Crippen LogP contribution in [0.25, 0.3) is 0 Å².